The Morgan fingerprint density at radius 2 is 1.67 bits per heavy atom. The first kappa shape index (κ1) is 32.3. The number of amides is 2. The Morgan fingerprint density at radius 3 is 2.40 bits per heavy atom. The lowest BCUT2D eigenvalue weighted by atomic mass is 9.99. The molecule has 11 nitrogen and oxygen atoms in total. The SMILES string of the molecule is O=C(CCCCC(=O)NCc1cccc(-c2cccc(C3OC(CSc4ncn[nH]4)CC(c4ccc(CO)cc4)O3)c2)c1)NO. The number of unbranched alkanes of at least 4 members (excludes halogenated alkanes) is 1. The van der Waals surface area contributed by atoms with Crippen molar-refractivity contribution < 1.29 is 29.4 Å². The van der Waals surface area contributed by atoms with Gasteiger partial charge in [-0.15, -0.1) is 0 Å². The number of rotatable bonds is 14. The van der Waals surface area contributed by atoms with Crippen molar-refractivity contribution >= 4 is 23.6 Å². The van der Waals surface area contributed by atoms with Crippen LogP contribution in [0.5, 0.6) is 0 Å². The molecule has 0 bridgehead atoms. The highest BCUT2D eigenvalue weighted by Gasteiger charge is 2.32. The Kier molecular flexibility index (Phi) is 11.7. The molecule has 0 radical (unpaired) electrons. The van der Waals surface area contributed by atoms with Gasteiger partial charge in [-0.1, -0.05) is 72.4 Å². The molecule has 0 spiro atoms. The molecule has 4 aromatic rings. The number of aromatic nitrogens is 3. The van der Waals surface area contributed by atoms with Crippen molar-refractivity contribution in [3.05, 3.63) is 101 Å². The number of aromatic amines is 1. The molecule has 5 rings (SSSR count). The van der Waals surface area contributed by atoms with Crippen LogP contribution in [0.15, 0.2) is 84.3 Å². The second-order valence-electron chi connectivity index (χ2n) is 10.8. The number of nitrogens with zero attached hydrogens (tertiary/aromatic N) is 2. The molecule has 2 amide bonds. The molecule has 1 saturated heterocycles. The molecule has 3 atom stereocenters. The van der Waals surface area contributed by atoms with E-state index in [0.717, 1.165) is 38.5 Å². The van der Waals surface area contributed by atoms with Crippen LogP contribution in [-0.2, 0) is 32.2 Å². The minimum atomic E-state index is -0.590. The minimum Gasteiger partial charge on any atom is -0.392 e. The molecule has 1 aromatic heterocycles. The van der Waals surface area contributed by atoms with Crippen LogP contribution in [0.2, 0.25) is 0 Å². The van der Waals surface area contributed by atoms with Gasteiger partial charge >= 0.3 is 0 Å². The molecule has 45 heavy (non-hydrogen) atoms. The first-order valence-electron chi connectivity index (χ1n) is 14.9. The average Bonchev–Trinajstić information content (AvgIpc) is 3.62. The largest absolute Gasteiger partial charge is 0.392 e. The van der Waals surface area contributed by atoms with Crippen molar-refractivity contribution in [3.63, 3.8) is 0 Å². The number of hydrogen-bond donors (Lipinski definition) is 5. The Bertz CT molecular complexity index is 1530. The summed E-state index contributed by atoms with van der Waals surface area (Å²) < 4.78 is 13.0. The number of nitrogens with one attached hydrogen (secondary N) is 3. The summed E-state index contributed by atoms with van der Waals surface area (Å²) in [7, 11) is 0. The summed E-state index contributed by atoms with van der Waals surface area (Å²) in [5.41, 5.74) is 7.33. The second-order valence-corrected chi connectivity index (χ2v) is 11.8. The number of H-pyrrole nitrogens is 1. The summed E-state index contributed by atoms with van der Waals surface area (Å²) in [4.78, 5) is 27.6. The third-order valence-electron chi connectivity index (χ3n) is 7.50. The van der Waals surface area contributed by atoms with Crippen molar-refractivity contribution in [2.75, 3.05) is 5.75 Å². The summed E-state index contributed by atoms with van der Waals surface area (Å²) in [6, 6.07) is 23.9. The van der Waals surface area contributed by atoms with Crippen LogP contribution >= 0.6 is 11.8 Å². The van der Waals surface area contributed by atoms with Gasteiger partial charge in [0.15, 0.2) is 11.4 Å². The predicted molar refractivity (Wildman–Crippen MR) is 168 cm³/mol. The van der Waals surface area contributed by atoms with Crippen molar-refractivity contribution in [2.24, 2.45) is 0 Å². The normalized spacial score (nSPS) is 18.0. The zero-order chi connectivity index (χ0) is 31.4. The summed E-state index contributed by atoms with van der Waals surface area (Å²) in [6.45, 7) is 0.376. The highest BCUT2D eigenvalue weighted by atomic mass is 32.2. The van der Waals surface area contributed by atoms with Gasteiger partial charge < -0.3 is 19.9 Å². The molecular formula is C33H37N5O6S. The van der Waals surface area contributed by atoms with Crippen LogP contribution in [0.1, 0.15) is 66.8 Å². The van der Waals surface area contributed by atoms with Crippen LogP contribution in [-0.4, -0.2) is 49.2 Å². The lowest BCUT2D eigenvalue weighted by Crippen LogP contribution is -2.31. The van der Waals surface area contributed by atoms with E-state index in [2.05, 4.69) is 32.6 Å². The molecule has 5 N–H and O–H groups in total. The zero-order valence-electron chi connectivity index (χ0n) is 24.7. The quantitative estimate of drug-likeness (QED) is 0.0560. The number of benzene rings is 3. The van der Waals surface area contributed by atoms with Gasteiger partial charge in [0.25, 0.3) is 0 Å². The topological polar surface area (TPSA) is 159 Å². The molecule has 0 saturated carbocycles. The van der Waals surface area contributed by atoms with E-state index in [1.54, 1.807) is 17.2 Å². The summed E-state index contributed by atoms with van der Waals surface area (Å²) >= 11 is 1.55. The van der Waals surface area contributed by atoms with Gasteiger partial charge in [0.2, 0.25) is 11.8 Å². The van der Waals surface area contributed by atoms with Crippen LogP contribution in [0.4, 0.5) is 0 Å². The lowest BCUT2D eigenvalue weighted by Gasteiger charge is -2.36. The van der Waals surface area contributed by atoms with Crippen LogP contribution in [0.25, 0.3) is 11.1 Å². The fraction of sp³-hybridized carbons (Fsp3) is 0.333. The molecule has 1 aliphatic heterocycles. The van der Waals surface area contributed by atoms with Crippen molar-refractivity contribution in [3.8, 4) is 11.1 Å². The van der Waals surface area contributed by atoms with Gasteiger partial charge in [-0.3, -0.25) is 19.9 Å². The molecule has 3 unspecified atom stereocenters. The number of carbonyl (C=O) groups excluding carboxylic acids is 2. The van der Waals surface area contributed by atoms with Crippen LogP contribution in [0.3, 0.4) is 0 Å². The molecule has 236 valence electrons. The zero-order valence-corrected chi connectivity index (χ0v) is 25.5. The second kappa shape index (κ2) is 16.3. The maximum Gasteiger partial charge on any atom is 0.243 e. The Morgan fingerprint density at radius 1 is 0.911 bits per heavy atom. The summed E-state index contributed by atoms with van der Waals surface area (Å²) in [5.74, 6) is 0.133. The minimum absolute atomic E-state index is 0.0122. The smallest absolute Gasteiger partial charge is 0.243 e. The van der Waals surface area contributed by atoms with Gasteiger partial charge in [0, 0.05) is 37.1 Å². The molecule has 0 aliphatic carbocycles. The number of thioether (sulfide) groups is 1. The Hall–Kier alpha value is -4.07. The standard InChI is InChI=1S/C33H37N5O6S/c39-19-22-11-13-24(14-12-22)29-17-28(20-45-33-35-21-36-37-33)43-32(44-29)27-8-4-7-26(16-27)25-6-3-5-23(15-25)18-34-30(40)9-1-2-10-31(41)38-42/h3-8,11-16,21,28-29,32,39,42H,1-2,9-10,17-20H2,(H,34,40)(H,38,41)(H,35,36,37). The number of aliphatic hydroxyl groups is 1. The predicted octanol–water partition coefficient (Wildman–Crippen LogP) is 4.98. The van der Waals surface area contributed by atoms with Gasteiger partial charge in [-0.05, 0) is 52.8 Å². The summed E-state index contributed by atoms with van der Waals surface area (Å²) in [6.07, 6.45) is 2.84. The fourth-order valence-electron chi connectivity index (χ4n) is 5.10. The van der Waals surface area contributed by atoms with E-state index in [0.29, 0.717) is 38.0 Å². The summed E-state index contributed by atoms with van der Waals surface area (Å²) in [5, 5.41) is 28.5. The van der Waals surface area contributed by atoms with E-state index in [9.17, 15) is 14.7 Å². The molecule has 3 aromatic carbocycles. The number of hydrogen-bond acceptors (Lipinski definition) is 9. The Labute approximate surface area is 265 Å². The molecule has 12 heteroatoms. The third-order valence-corrected chi connectivity index (χ3v) is 8.51. The van der Waals surface area contributed by atoms with E-state index < -0.39 is 12.2 Å². The van der Waals surface area contributed by atoms with E-state index in [4.69, 9.17) is 14.7 Å². The van der Waals surface area contributed by atoms with Crippen LogP contribution in [0, 0.1) is 0 Å². The van der Waals surface area contributed by atoms with Gasteiger partial charge in [0.05, 0.1) is 18.8 Å². The first-order chi connectivity index (χ1) is 22.0. The average molecular weight is 632 g/mol. The van der Waals surface area contributed by atoms with E-state index in [1.165, 1.54) is 6.33 Å². The highest BCUT2D eigenvalue weighted by Crippen LogP contribution is 2.40. The Balaban J connectivity index is 1.25. The van der Waals surface area contributed by atoms with Crippen molar-refractivity contribution in [2.45, 2.75) is 68.9 Å². The van der Waals surface area contributed by atoms with Gasteiger partial charge in [-0.25, -0.2) is 10.5 Å². The number of carbonyl (C=O) groups is 2. The molecule has 2 heterocycles. The van der Waals surface area contributed by atoms with Crippen molar-refractivity contribution in [1.29, 1.82) is 0 Å². The van der Waals surface area contributed by atoms with E-state index >= 15 is 0 Å². The maximum absolute atomic E-state index is 12.3. The first-order valence-corrected chi connectivity index (χ1v) is 15.9. The lowest BCUT2D eigenvalue weighted by molar-refractivity contribution is -0.245. The van der Waals surface area contributed by atoms with Crippen LogP contribution < -0.4 is 10.8 Å². The molecular weight excluding hydrogens is 594 g/mol. The third kappa shape index (κ3) is 9.46. The number of ether oxygens (including phenoxy) is 2. The van der Waals surface area contributed by atoms with E-state index in [-0.39, 0.29) is 31.1 Å². The molecule has 1 aliphatic rings. The maximum atomic E-state index is 12.3. The fourth-order valence-corrected chi connectivity index (χ4v) is 5.90. The monoisotopic (exact) mass is 631 g/mol. The number of aliphatic hydroxyl groups excluding tert-OH is 1. The molecule has 1 fully saturated rings. The highest BCUT2D eigenvalue weighted by molar-refractivity contribution is 7.99. The van der Waals surface area contributed by atoms with Crippen molar-refractivity contribution in [1.82, 2.24) is 26.0 Å². The van der Waals surface area contributed by atoms with E-state index in [1.807, 2.05) is 60.7 Å². The number of hydroxylamine groups is 1. The van der Waals surface area contributed by atoms with Gasteiger partial charge in [0.1, 0.15) is 6.33 Å². The van der Waals surface area contributed by atoms with Gasteiger partial charge in [-0.2, -0.15) is 5.10 Å².